The lowest BCUT2D eigenvalue weighted by molar-refractivity contribution is -0.0433. The highest BCUT2D eigenvalue weighted by molar-refractivity contribution is 8.00. The van der Waals surface area contributed by atoms with Crippen LogP contribution in [0.15, 0.2) is 0 Å². The van der Waals surface area contributed by atoms with Gasteiger partial charge in [-0.2, -0.15) is 8.78 Å². The summed E-state index contributed by atoms with van der Waals surface area (Å²) >= 11 is 0.323. The van der Waals surface area contributed by atoms with Gasteiger partial charge in [0.2, 0.25) is 6.43 Å². The third kappa shape index (κ3) is 1.38. The Morgan fingerprint density at radius 1 is 1.40 bits per heavy atom. The van der Waals surface area contributed by atoms with E-state index in [2.05, 4.69) is 0 Å². The summed E-state index contributed by atoms with van der Waals surface area (Å²) < 4.78 is 48.2. The van der Waals surface area contributed by atoms with E-state index in [9.17, 15) is 17.6 Å². The standard InChI is InChI=1S/C5H6F4S/c6-4(7)3-1-2-10-5(3,8)9/h3-4H,1-2H2. The molecule has 1 unspecified atom stereocenters. The third-order valence-electron chi connectivity index (χ3n) is 1.46. The van der Waals surface area contributed by atoms with E-state index in [4.69, 9.17) is 0 Å². The van der Waals surface area contributed by atoms with Crippen molar-refractivity contribution in [1.29, 1.82) is 0 Å². The van der Waals surface area contributed by atoms with Gasteiger partial charge in [0, 0.05) is 0 Å². The molecule has 60 valence electrons. The fourth-order valence-electron chi connectivity index (χ4n) is 0.870. The van der Waals surface area contributed by atoms with Crippen molar-refractivity contribution in [3.63, 3.8) is 0 Å². The number of hydrogen-bond acceptors (Lipinski definition) is 1. The molecule has 1 heterocycles. The summed E-state index contributed by atoms with van der Waals surface area (Å²) in [5.74, 6) is -1.58. The maximum Gasteiger partial charge on any atom is 0.302 e. The van der Waals surface area contributed by atoms with Gasteiger partial charge in [0.1, 0.15) is 0 Å². The Morgan fingerprint density at radius 2 is 2.00 bits per heavy atom. The molecule has 1 atom stereocenters. The van der Waals surface area contributed by atoms with Gasteiger partial charge < -0.3 is 0 Å². The zero-order valence-corrected chi connectivity index (χ0v) is 5.81. The predicted molar refractivity (Wildman–Crippen MR) is 31.5 cm³/mol. The van der Waals surface area contributed by atoms with E-state index in [0.29, 0.717) is 11.8 Å². The topological polar surface area (TPSA) is 0 Å². The van der Waals surface area contributed by atoms with E-state index in [-0.39, 0.29) is 12.2 Å². The lowest BCUT2D eigenvalue weighted by Gasteiger charge is -2.15. The van der Waals surface area contributed by atoms with Crippen molar-refractivity contribution in [1.82, 2.24) is 0 Å². The van der Waals surface area contributed by atoms with E-state index in [1.165, 1.54) is 0 Å². The van der Waals surface area contributed by atoms with Gasteiger partial charge in [-0.1, -0.05) is 11.8 Å². The summed E-state index contributed by atoms with van der Waals surface area (Å²) in [5, 5.41) is -3.20. The number of alkyl halides is 4. The highest BCUT2D eigenvalue weighted by atomic mass is 32.2. The molecule has 0 nitrogen and oxygen atoms in total. The van der Waals surface area contributed by atoms with Crippen LogP contribution in [0.1, 0.15) is 6.42 Å². The molecule has 1 aliphatic heterocycles. The molecule has 0 N–H and O–H groups in total. The smallest absolute Gasteiger partial charge is 0.210 e. The van der Waals surface area contributed by atoms with Gasteiger partial charge >= 0.3 is 5.25 Å². The number of thioether (sulfide) groups is 1. The molecule has 0 bridgehead atoms. The highest BCUT2D eigenvalue weighted by Gasteiger charge is 2.49. The maximum atomic E-state index is 12.3. The average Bonchev–Trinajstić information content (AvgIpc) is 2.08. The molecule has 1 rings (SSSR count). The van der Waals surface area contributed by atoms with Gasteiger partial charge in [0.25, 0.3) is 0 Å². The second kappa shape index (κ2) is 2.60. The van der Waals surface area contributed by atoms with E-state index < -0.39 is 17.6 Å². The summed E-state index contributed by atoms with van der Waals surface area (Å²) in [7, 11) is 0. The van der Waals surface area contributed by atoms with Gasteiger partial charge in [-0.25, -0.2) is 8.78 Å². The number of halogens is 4. The first-order valence-electron chi connectivity index (χ1n) is 2.84. The van der Waals surface area contributed by atoms with Crippen LogP contribution in [0, 0.1) is 5.92 Å². The van der Waals surface area contributed by atoms with Crippen molar-refractivity contribution in [2.45, 2.75) is 18.1 Å². The zero-order chi connectivity index (χ0) is 7.78. The van der Waals surface area contributed by atoms with Crippen molar-refractivity contribution >= 4 is 11.8 Å². The largest absolute Gasteiger partial charge is 0.302 e. The van der Waals surface area contributed by atoms with Gasteiger partial charge in [0.15, 0.2) is 0 Å². The van der Waals surface area contributed by atoms with Crippen LogP contribution in [0.4, 0.5) is 17.6 Å². The minimum Gasteiger partial charge on any atom is -0.210 e. The summed E-state index contributed by atoms with van der Waals surface area (Å²) in [5.41, 5.74) is 0. The van der Waals surface area contributed by atoms with Crippen LogP contribution >= 0.6 is 11.8 Å². The van der Waals surface area contributed by atoms with E-state index >= 15 is 0 Å². The Labute approximate surface area is 60.0 Å². The van der Waals surface area contributed by atoms with Crippen LogP contribution < -0.4 is 0 Å². The molecule has 0 saturated carbocycles. The Hall–Kier alpha value is 0.0700. The van der Waals surface area contributed by atoms with E-state index in [1.54, 1.807) is 0 Å². The molecular formula is C5H6F4S. The highest BCUT2D eigenvalue weighted by Crippen LogP contribution is 2.47. The van der Waals surface area contributed by atoms with Gasteiger partial charge in [-0.3, -0.25) is 0 Å². The fourth-order valence-corrected chi connectivity index (χ4v) is 1.95. The normalized spacial score (nSPS) is 31.5. The van der Waals surface area contributed by atoms with E-state index in [1.807, 2.05) is 0 Å². The summed E-state index contributed by atoms with van der Waals surface area (Å²) in [6, 6.07) is 0. The fraction of sp³-hybridized carbons (Fsp3) is 1.00. The molecule has 10 heavy (non-hydrogen) atoms. The summed E-state index contributed by atoms with van der Waals surface area (Å²) in [6.45, 7) is 0. The molecule has 1 saturated heterocycles. The molecule has 0 aromatic heterocycles. The first-order valence-corrected chi connectivity index (χ1v) is 3.82. The van der Waals surface area contributed by atoms with Crippen LogP contribution in [0.5, 0.6) is 0 Å². The molecule has 0 spiro atoms. The number of hydrogen-bond donors (Lipinski definition) is 0. The average molecular weight is 174 g/mol. The Bertz CT molecular complexity index is 125. The van der Waals surface area contributed by atoms with Gasteiger partial charge in [-0.05, 0) is 12.2 Å². The maximum absolute atomic E-state index is 12.3. The first-order chi connectivity index (χ1) is 4.54. The number of rotatable bonds is 1. The quantitative estimate of drug-likeness (QED) is 0.550. The molecule has 5 heteroatoms. The monoisotopic (exact) mass is 174 g/mol. The van der Waals surface area contributed by atoms with Crippen LogP contribution in [0.25, 0.3) is 0 Å². The molecule has 0 aromatic rings. The lowest BCUT2D eigenvalue weighted by atomic mass is 10.1. The lowest BCUT2D eigenvalue weighted by Crippen LogP contribution is -2.25. The predicted octanol–water partition coefficient (Wildman–Crippen LogP) is 2.60. The van der Waals surface area contributed by atoms with Crippen molar-refractivity contribution in [3.8, 4) is 0 Å². The minimum atomic E-state index is -3.20. The zero-order valence-electron chi connectivity index (χ0n) is 4.99. The second-order valence-corrected chi connectivity index (χ2v) is 3.38. The molecular weight excluding hydrogens is 168 g/mol. The third-order valence-corrected chi connectivity index (χ3v) is 2.59. The van der Waals surface area contributed by atoms with Crippen molar-refractivity contribution < 1.29 is 17.6 Å². The molecule has 1 aliphatic rings. The van der Waals surface area contributed by atoms with Gasteiger partial charge in [-0.15, -0.1) is 0 Å². The van der Waals surface area contributed by atoms with Crippen molar-refractivity contribution in [2.24, 2.45) is 5.92 Å². The van der Waals surface area contributed by atoms with Gasteiger partial charge in [0.05, 0.1) is 5.92 Å². The molecule has 0 aromatic carbocycles. The first kappa shape index (κ1) is 8.17. The molecule has 1 fully saturated rings. The van der Waals surface area contributed by atoms with Crippen LogP contribution in [0.2, 0.25) is 0 Å². The van der Waals surface area contributed by atoms with Crippen molar-refractivity contribution in [2.75, 3.05) is 5.75 Å². The molecule has 0 amide bonds. The van der Waals surface area contributed by atoms with Crippen LogP contribution in [0.3, 0.4) is 0 Å². The molecule has 0 radical (unpaired) electrons. The Morgan fingerprint density at radius 3 is 2.20 bits per heavy atom. The molecule has 0 aliphatic carbocycles. The van der Waals surface area contributed by atoms with Crippen molar-refractivity contribution in [3.05, 3.63) is 0 Å². The Kier molecular flexibility index (Phi) is 2.12. The summed E-state index contributed by atoms with van der Waals surface area (Å²) in [6.07, 6.45) is -2.96. The summed E-state index contributed by atoms with van der Waals surface area (Å²) in [4.78, 5) is 0. The van der Waals surface area contributed by atoms with Crippen LogP contribution in [-0.2, 0) is 0 Å². The Balaban J connectivity index is 2.59. The van der Waals surface area contributed by atoms with Crippen LogP contribution in [-0.4, -0.2) is 17.4 Å². The van der Waals surface area contributed by atoms with E-state index in [0.717, 1.165) is 0 Å². The SMILES string of the molecule is FC(F)C1CCSC1(F)F. The second-order valence-electron chi connectivity index (χ2n) is 2.14. The minimum absolute atomic E-state index is 0.0741.